The van der Waals surface area contributed by atoms with Crippen molar-refractivity contribution in [2.75, 3.05) is 17.7 Å². The molecule has 1 aromatic carbocycles. The second-order valence-corrected chi connectivity index (χ2v) is 7.42. The zero-order valence-electron chi connectivity index (χ0n) is 15.5. The molecule has 4 rings (SSSR count). The molecule has 2 aliphatic carbocycles. The van der Waals surface area contributed by atoms with Crippen molar-refractivity contribution in [1.29, 1.82) is 0 Å². The molecule has 2 fully saturated rings. The normalized spacial score (nSPS) is 17.7. The lowest BCUT2D eigenvalue weighted by atomic mass is 9.96. The number of benzene rings is 1. The molecule has 0 radical (unpaired) electrons. The Labute approximate surface area is 155 Å². The van der Waals surface area contributed by atoms with Crippen molar-refractivity contribution in [3.8, 4) is 5.75 Å². The molecule has 2 N–H and O–H groups in total. The van der Waals surface area contributed by atoms with E-state index in [9.17, 15) is 0 Å². The van der Waals surface area contributed by atoms with Crippen molar-refractivity contribution >= 4 is 11.8 Å². The number of hydrogen-bond donors (Lipinski definition) is 2. The molecule has 0 saturated heterocycles. The highest BCUT2D eigenvalue weighted by Gasteiger charge is 2.26. The first-order chi connectivity index (χ1) is 12.8. The zero-order valence-corrected chi connectivity index (χ0v) is 15.5. The van der Waals surface area contributed by atoms with E-state index in [1.165, 1.54) is 50.6 Å². The molecular formula is C21H28N4O. The van der Waals surface area contributed by atoms with E-state index in [4.69, 9.17) is 14.7 Å². The summed E-state index contributed by atoms with van der Waals surface area (Å²) in [6.45, 7) is 0.688. The Balaban J connectivity index is 1.49. The van der Waals surface area contributed by atoms with Gasteiger partial charge >= 0.3 is 0 Å². The van der Waals surface area contributed by atoms with Gasteiger partial charge in [0.15, 0.2) is 0 Å². The molecule has 0 unspecified atom stereocenters. The summed E-state index contributed by atoms with van der Waals surface area (Å²) >= 11 is 0. The maximum Gasteiger partial charge on any atom is 0.225 e. The Bertz CT molecular complexity index is 739. The fraction of sp³-hybridized carbons (Fsp3) is 0.524. The van der Waals surface area contributed by atoms with E-state index < -0.39 is 0 Å². The number of rotatable bonds is 7. The Morgan fingerprint density at radius 1 is 1.04 bits per heavy atom. The summed E-state index contributed by atoms with van der Waals surface area (Å²) in [5, 5.41) is 7.04. The van der Waals surface area contributed by atoms with E-state index >= 15 is 0 Å². The molecule has 0 bridgehead atoms. The van der Waals surface area contributed by atoms with Crippen molar-refractivity contribution in [1.82, 2.24) is 9.97 Å². The highest BCUT2D eigenvalue weighted by Crippen LogP contribution is 2.40. The number of para-hydroxylation sites is 1. The first kappa shape index (κ1) is 17.1. The predicted molar refractivity (Wildman–Crippen MR) is 105 cm³/mol. The van der Waals surface area contributed by atoms with Gasteiger partial charge in [0.2, 0.25) is 5.95 Å². The first-order valence-corrected chi connectivity index (χ1v) is 9.83. The van der Waals surface area contributed by atoms with Gasteiger partial charge in [-0.2, -0.15) is 4.98 Å². The van der Waals surface area contributed by atoms with Crippen LogP contribution in [0, 0.1) is 0 Å². The highest BCUT2D eigenvalue weighted by molar-refractivity contribution is 5.46. The number of ether oxygens (including phenoxy) is 1. The molecule has 0 amide bonds. The van der Waals surface area contributed by atoms with Crippen LogP contribution in [0.25, 0.3) is 0 Å². The lowest BCUT2D eigenvalue weighted by molar-refractivity contribution is 0.410. The van der Waals surface area contributed by atoms with Gasteiger partial charge in [0.25, 0.3) is 0 Å². The second-order valence-electron chi connectivity index (χ2n) is 7.42. The fourth-order valence-corrected chi connectivity index (χ4v) is 3.67. The summed E-state index contributed by atoms with van der Waals surface area (Å²) in [4.78, 5) is 9.53. The Morgan fingerprint density at radius 3 is 2.62 bits per heavy atom. The second kappa shape index (κ2) is 7.94. The molecule has 5 nitrogen and oxygen atoms in total. The third kappa shape index (κ3) is 4.26. The van der Waals surface area contributed by atoms with Gasteiger partial charge in [-0.3, -0.25) is 0 Å². The van der Waals surface area contributed by atoms with Gasteiger partial charge in [-0.25, -0.2) is 4.98 Å². The largest absolute Gasteiger partial charge is 0.496 e. The quantitative estimate of drug-likeness (QED) is 0.755. The van der Waals surface area contributed by atoms with Gasteiger partial charge in [-0.1, -0.05) is 37.5 Å². The molecule has 0 atom stereocenters. The summed E-state index contributed by atoms with van der Waals surface area (Å²) < 4.78 is 5.44. The molecule has 0 aliphatic heterocycles. The number of anilines is 2. The summed E-state index contributed by atoms with van der Waals surface area (Å²) in [7, 11) is 1.71. The van der Waals surface area contributed by atoms with Crippen LogP contribution in [0.15, 0.2) is 30.3 Å². The van der Waals surface area contributed by atoms with Gasteiger partial charge < -0.3 is 15.4 Å². The molecular weight excluding hydrogens is 324 g/mol. The molecule has 2 aliphatic rings. The number of aromatic nitrogens is 2. The lowest BCUT2D eigenvalue weighted by Gasteiger charge is -2.23. The molecule has 26 heavy (non-hydrogen) atoms. The summed E-state index contributed by atoms with van der Waals surface area (Å²) in [6.07, 6.45) is 8.89. The molecule has 2 saturated carbocycles. The molecule has 0 spiro atoms. The Morgan fingerprint density at radius 2 is 1.85 bits per heavy atom. The minimum Gasteiger partial charge on any atom is -0.496 e. The average Bonchev–Trinajstić information content (AvgIpc) is 3.52. The SMILES string of the molecule is COc1ccccc1CNc1cc(C2CC2)nc(NC2CCCCC2)n1. The van der Waals surface area contributed by atoms with Gasteiger partial charge in [0, 0.05) is 30.1 Å². The van der Waals surface area contributed by atoms with Gasteiger partial charge in [-0.15, -0.1) is 0 Å². The average molecular weight is 352 g/mol. The van der Waals surface area contributed by atoms with Crippen LogP contribution in [-0.2, 0) is 6.54 Å². The van der Waals surface area contributed by atoms with E-state index in [1.807, 2.05) is 18.2 Å². The lowest BCUT2D eigenvalue weighted by Crippen LogP contribution is -2.24. The van der Waals surface area contributed by atoms with Crippen molar-refractivity contribution < 1.29 is 4.74 Å². The molecule has 1 heterocycles. The van der Waals surface area contributed by atoms with Gasteiger partial charge in [-0.05, 0) is 31.7 Å². The van der Waals surface area contributed by atoms with Gasteiger partial charge in [0.05, 0.1) is 12.8 Å². The van der Waals surface area contributed by atoms with E-state index in [2.05, 4.69) is 22.8 Å². The highest BCUT2D eigenvalue weighted by atomic mass is 16.5. The predicted octanol–water partition coefficient (Wildman–Crippen LogP) is 4.72. The third-order valence-corrected chi connectivity index (χ3v) is 5.33. The van der Waals surface area contributed by atoms with E-state index in [0.29, 0.717) is 18.5 Å². The monoisotopic (exact) mass is 352 g/mol. The van der Waals surface area contributed by atoms with Crippen LogP contribution in [0.1, 0.15) is 62.1 Å². The first-order valence-electron chi connectivity index (χ1n) is 9.83. The zero-order chi connectivity index (χ0) is 17.8. The van der Waals surface area contributed by atoms with Gasteiger partial charge in [0.1, 0.15) is 11.6 Å². The summed E-state index contributed by atoms with van der Waals surface area (Å²) in [5.41, 5.74) is 2.30. The smallest absolute Gasteiger partial charge is 0.225 e. The van der Waals surface area contributed by atoms with Crippen LogP contribution in [0.3, 0.4) is 0 Å². The summed E-state index contributed by atoms with van der Waals surface area (Å²) in [5.74, 6) is 3.18. The van der Waals surface area contributed by atoms with Crippen LogP contribution >= 0.6 is 0 Å². The third-order valence-electron chi connectivity index (χ3n) is 5.33. The van der Waals surface area contributed by atoms with Crippen LogP contribution in [0.5, 0.6) is 5.75 Å². The van der Waals surface area contributed by atoms with Crippen LogP contribution < -0.4 is 15.4 Å². The van der Waals surface area contributed by atoms with Crippen molar-refractivity contribution in [2.24, 2.45) is 0 Å². The topological polar surface area (TPSA) is 59.1 Å². The summed E-state index contributed by atoms with van der Waals surface area (Å²) in [6, 6.07) is 10.7. The number of hydrogen-bond acceptors (Lipinski definition) is 5. The number of nitrogens with one attached hydrogen (secondary N) is 2. The molecule has 2 aromatic rings. The minimum atomic E-state index is 0.514. The number of nitrogens with zero attached hydrogens (tertiary/aromatic N) is 2. The van der Waals surface area contributed by atoms with Crippen molar-refractivity contribution in [3.05, 3.63) is 41.6 Å². The molecule has 138 valence electrons. The van der Waals surface area contributed by atoms with Crippen molar-refractivity contribution in [3.63, 3.8) is 0 Å². The van der Waals surface area contributed by atoms with Crippen LogP contribution in [-0.4, -0.2) is 23.1 Å². The van der Waals surface area contributed by atoms with E-state index in [1.54, 1.807) is 7.11 Å². The molecule has 5 heteroatoms. The maximum absolute atomic E-state index is 5.44. The van der Waals surface area contributed by atoms with Crippen LogP contribution in [0.4, 0.5) is 11.8 Å². The maximum atomic E-state index is 5.44. The standard InChI is InChI=1S/C21H28N4O/c1-26-19-10-6-5-7-16(19)14-22-20-13-18(15-11-12-15)24-21(25-20)23-17-8-3-2-4-9-17/h5-7,10,13,15,17H,2-4,8-9,11-12,14H2,1H3,(H2,22,23,24,25). The Hall–Kier alpha value is -2.30. The van der Waals surface area contributed by atoms with Crippen LogP contribution in [0.2, 0.25) is 0 Å². The van der Waals surface area contributed by atoms with Crippen molar-refractivity contribution in [2.45, 2.75) is 63.5 Å². The van der Waals surface area contributed by atoms with E-state index in [-0.39, 0.29) is 0 Å². The fourth-order valence-electron chi connectivity index (χ4n) is 3.67. The minimum absolute atomic E-state index is 0.514. The number of methoxy groups -OCH3 is 1. The Kier molecular flexibility index (Phi) is 5.23. The molecule has 1 aromatic heterocycles. The van der Waals surface area contributed by atoms with E-state index in [0.717, 1.165) is 23.1 Å².